The molecule has 0 atom stereocenters. The smallest absolute Gasteiger partial charge is 0.269 e. The SMILES string of the molecule is O=S(=O)(O)CC1=CNC=CC=C1. The molecule has 0 radical (unpaired) electrons. The summed E-state index contributed by atoms with van der Waals surface area (Å²) in [7, 11) is -3.93. The fourth-order valence-electron chi connectivity index (χ4n) is 0.794. The fraction of sp³-hybridized carbons (Fsp3) is 0.143. The quantitative estimate of drug-likeness (QED) is 0.615. The molecule has 0 saturated carbocycles. The van der Waals surface area contributed by atoms with Crippen molar-refractivity contribution >= 4 is 10.1 Å². The molecule has 66 valence electrons. The van der Waals surface area contributed by atoms with Gasteiger partial charge in [0.25, 0.3) is 10.1 Å². The minimum Gasteiger partial charge on any atom is -0.367 e. The zero-order chi connectivity index (χ0) is 9.03. The van der Waals surface area contributed by atoms with E-state index in [1.54, 1.807) is 24.4 Å². The van der Waals surface area contributed by atoms with E-state index < -0.39 is 10.1 Å². The van der Waals surface area contributed by atoms with E-state index >= 15 is 0 Å². The molecule has 0 aromatic carbocycles. The lowest BCUT2D eigenvalue weighted by atomic mass is 10.3. The molecule has 0 bridgehead atoms. The number of hydrogen-bond donors (Lipinski definition) is 2. The van der Waals surface area contributed by atoms with Crippen molar-refractivity contribution < 1.29 is 13.0 Å². The third kappa shape index (κ3) is 3.36. The molecule has 12 heavy (non-hydrogen) atoms. The maximum absolute atomic E-state index is 10.4. The minimum absolute atomic E-state index is 0.363. The van der Waals surface area contributed by atoms with Crippen molar-refractivity contribution in [3.8, 4) is 0 Å². The maximum atomic E-state index is 10.4. The largest absolute Gasteiger partial charge is 0.367 e. The van der Waals surface area contributed by atoms with Crippen LogP contribution in [0.2, 0.25) is 0 Å². The molecule has 0 fully saturated rings. The van der Waals surface area contributed by atoms with Crippen molar-refractivity contribution in [2.45, 2.75) is 0 Å². The summed E-state index contributed by atoms with van der Waals surface area (Å²) in [4.78, 5) is 0. The summed E-state index contributed by atoms with van der Waals surface area (Å²) < 4.78 is 29.4. The van der Waals surface area contributed by atoms with E-state index in [0.29, 0.717) is 5.57 Å². The van der Waals surface area contributed by atoms with Gasteiger partial charge in [0.15, 0.2) is 0 Å². The lowest BCUT2D eigenvalue weighted by molar-refractivity contribution is 0.486. The highest BCUT2D eigenvalue weighted by atomic mass is 32.2. The molecular formula is C7H9NO3S. The van der Waals surface area contributed by atoms with Gasteiger partial charge in [-0.1, -0.05) is 12.2 Å². The van der Waals surface area contributed by atoms with Crippen molar-refractivity contribution in [3.63, 3.8) is 0 Å². The molecule has 2 N–H and O–H groups in total. The Kier molecular flexibility index (Phi) is 2.67. The molecule has 0 spiro atoms. The van der Waals surface area contributed by atoms with Gasteiger partial charge in [-0.15, -0.1) is 0 Å². The Hall–Kier alpha value is -1.07. The molecule has 0 aliphatic carbocycles. The van der Waals surface area contributed by atoms with Crippen LogP contribution in [0.25, 0.3) is 0 Å². The predicted octanol–water partition coefficient (Wildman–Crippen LogP) is 0.431. The van der Waals surface area contributed by atoms with Gasteiger partial charge in [-0.3, -0.25) is 4.55 Å². The van der Waals surface area contributed by atoms with E-state index in [1.807, 2.05) is 0 Å². The zero-order valence-corrected chi connectivity index (χ0v) is 7.08. The second-order valence-corrected chi connectivity index (χ2v) is 3.78. The Balaban J connectivity index is 2.71. The van der Waals surface area contributed by atoms with Gasteiger partial charge >= 0.3 is 0 Å². The molecule has 1 aliphatic heterocycles. The van der Waals surface area contributed by atoms with Crippen LogP contribution in [0.5, 0.6) is 0 Å². The predicted molar refractivity (Wildman–Crippen MR) is 45.9 cm³/mol. The molecule has 0 aromatic heterocycles. The van der Waals surface area contributed by atoms with Gasteiger partial charge in [-0.25, -0.2) is 0 Å². The Morgan fingerprint density at radius 1 is 1.42 bits per heavy atom. The molecule has 5 heteroatoms. The maximum Gasteiger partial charge on any atom is 0.269 e. The second-order valence-electron chi connectivity index (χ2n) is 2.33. The van der Waals surface area contributed by atoms with Crippen LogP contribution >= 0.6 is 0 Å². The summed E-state index contributed by atoms with van der Waals surface area (Å²) in [6.07, 6.45) is 8.22. The van der Waals surface area contributed by atoms with E-state index in [1.165, 1.54) is 6.20 Å². The van der Waals surface area contributed by atoms with E-state index in [4.69, 9.17) is 4.55 Å². The molecule has 1 rings (SSSR count). The van der Waals surface area contributed by atoms with Crippen molar-refractivity contribution in [1.29, 1.82) is 0 Å². The average molecular weight is 187 g/mol. The molecule has 1 aliphatic rings. The number of nitrogens with one attached hydrogen (secondary N) is 1. The van der Waals surface area contributed by atoms with Crippen molar-refractivity contribution in [2.24, 2.45) is 0 Å². The second kappa shape index (κ2) is 3.55. The van der Waals surface area contributed by atoms with Gasteiger partial charge in [-0.05, 0) is 11.6 Å². The van der Waals surface area contributed by atoms with Gasteiger partial charge < -0.3 is 5.32 Å². The van der Waals surface area contributed by atoms with E-state index in [9.17, 15) is 8.42 Å². The average Bonchev–Trinajstić information content (AvgIpc) is 2.12. The molecule has 4 nitrogen and oxygen atoms in total. The summed E-state index contributed by atoms with van der Waals surface area (Å²) in [6, 6.07) is 0. The minimum atomic E-state index is -3.93. The topological polar surface area (TPSA) is 66.4 Å². The third-order valence-electron chi connectivity index (χ3n) is 1.23. The monoisotopic (exact) mass is 187 g/mol. The molecule has 0 aromatic rings. The van der Waals surface area contributed by atoms with Gasteiger partial charge in [0.1, 0.15) is 5.75 Å². The Morgan fingerprint density at radius 2 is 2.17 bits per heavy atom. The summed E-state index contributed by atoms with van der Waals surface area (Å²) in [5.74, 6) is -0.363. The summed E-state index contributed by atoms with van der Waals surface area (Å²) in [5.41, 5.74) is 0.516. The Bertz CT molecular complexity index is 338. The van der Waals surface area contributed by atoms with Crippen LogP contribution in [0.4, 0.5) is 0 Å². The number of rotatable bonds is 2. The first kappa shape index (κ1) is 9.02. The number of allylic oxidation sites excluding steroid dienone is 3. The van der Waals surface area contributed by atoms with Crippen LogP contribution < -0.4 is 5.32 Å². The van der Waals surface area contributed by atoms with Crippen LogP contribution in [0.3, 0.4) is 0 Å². The van der Waals surface area contributed by atoms with Gasteiger partial charge in [0.2, 0.25) is 0 Å². The summed E-state index contributed by atoms with van der Waals surface area (Å²) in [5, 5.41) is 2.74. The van der Waals surface area contributed by atoms with Crippen molar-refractivity contribution in [3.05, 3.63) is 36.2 Å². The Labute approximate surface area is 71.0 Å². The molecule has 0 amide bonds. The third-order valence-corrected chi connectivity index (χ3v) is 1.93. The van der Waals surface area contributed by atoms with E-state index in [0.717, 1.165) is 0 Å². The van der Waals surface area contributed by atoms with Crippen LogP contribution in [-0.4, -0.2) is 18.7 Å². The summed E-state index contributed by atoms with van der Waals surface area (Å²) in [6.45, 7) is 0. The van der Waals surface area contributed by atoms with Gasteiger partial charge in [-0.2, -0.15) is 8.42 Å². The Morgan fingerprint density at radius 3 is 2.83 bits per heavy atom. The molecule has 0 saturated heterocycles. The van der Waals surface area contributed by atoms with Crippen LogP contribution in [0, 0.1) is 0 Å². The fourth-order valence-corrected chi connectivity index (χ4v) is 1.39. The lowest BCUT2D eigenvalue weighted by Gasteiger charge is -1.97. The first-order valence-electron chi connectivity index (χ1n) is 3.31. The van der Waals surface area contributed by atoms with E-state index in [2.05, 4.69) is 5.32 Å². The zero-order valence-electron chi connectivity index (χ0n) is 6.27. The van der Waals surface area contributed by atoms with Gasteiger partial charge in [0, 0.05) is 12.4 Å². The lowest BCUT2D eigenvalue weighted by Crippen LogP contribution is -2.07. The first-order valence-corrected chi connectivity index (χ1v) is 4.92. The van der Waals surface area contributed by atoms with Crippen molar-refractivity contribution in [2.75, 3.05) is 5.75 Å². The highest BCUT2D eigenvalue weighted by Gasteiger charge is 2.06. The van der Waals surface area contributed by atoms with E-state index in [-0.39, 0.29) is 5.75 Å². The van der Waals surface area contributed by atoms with Crippen molar-refractivity contribution in [1.82, 2.24) is 5.32 Å². The molecule has 0 unspecified atom stereocenters. The van der Waals surface area contributed by atoms with Crippen LogP contribution in [0.1, 0.15) is 0 Å². The first-order chi connectivity index (χ1) is 5.58. The molecule has 1 heterocycles. The normalized spacial score (nSPS) is 16.6. The van der Waals surface area contributed by atoms with Crippen LogP contribution in [-0.2, 0) is 10.1 Å². The highest BCUT2D eigenvalue weighted by Crippen LogP contribution is 2.02. The van der Waals surface area contributed by atoms with Crippen LogP contribution in [0.15, 0.2) is 36.2 Å². The molecular weight excluding hydrogens is 178 g/mol. The summed E-state index contributed by atoms with van der Waals surface area (Å²) >= 11 is 0. The van der Waals surface area contributed by atoms with Gasteiger partial charge in [0.05, 0.1) is 0 Å². The standard InChI is InChI=1S/C7H9NO3S/c9-12(10,11)6-7-3-1-2-4-8-5-7/h1-5,8H,6H2,(H,9,10,11). The number of hydrogen-bond acceptors (Lipinski definition) is 3. The highest BCUT2D eigenvalue weighted by molar-refractivity contribution is 7.86.